The van der Waals surface area contributed by atoms with E-state index in [1.807, 2.05) is 43.7 Å². The predicted octanol–water partition coefficient (Wildman–Crippen LogP) is 2.16. The first-order chi connectivity index (χ1) is 6.59. The Bertz CT molecular complexity index is 552. The van der Waals surface area contributed by atoms with Gasteiger partial charge in [-0.15, -0.1) is 0 Å². The minimum Gasteiger partial charge on any atom is -0.348 e. The average Bonchev–Trinajstić information content (AvgIpc) is 2.14. The molecule has 2 nitrogen and oxygen atoms in total. The molecule has 0 saturated heterocycles. The van der Waals surface area contributed by atoms with Crippen LogP contribution in [0.15, 0.2) is 29.1 Å². The van der Waals surface area contributed by atoms with Crippen LogP contribution in [0.5, 0.6) is 0 Å². The van der Waals surface area contributed by atoms with E-state index in [9.17, 15) is 4.79 Å². The second kappa shape index (κ2) is 2.98. The highest BCUT2D eigenvalue weighted by Crippen LogP contribution is 2.12. The highest BCUT2D eigenvalue weighted by molar-refractivity contribution is 5.79. The summed E-state index contributed by atoms with van der Waals surface area (Å²) in [5.74, 6) is 0. The van der Waals surface area contributed by atoms with Crippen LogP contribution in [0, 0.1) is 13.8 Å². The number of nitrogens with zero attached hydrogens (tertiary/aromatic N) is 1. The number of aromatic nitrogens is 1. The van der Waals surface area contributed by atoms with Crippen molar-refractivity contribution in [3.63, 3.8) is 0 Å². The molecule has 0 unspecified atom stereocenters. The van der Waals surface area contributed by atoms with Crippen molar-refractivity contribution in [2.24, 2.45) is 7.05 Å². The Balaban J connectivity index is 3.02. The Kier molecular flexibility index (Phi) is 1.92. The molecule has 0 amide bonds. The molecule has 0 aliphatic rings. The largest absolute Gasteiger partial charge is 0.348 e. The number of rotatable bonds is 0. The van der Waals surface area contributed by atoms with Crippen LogP contribution in [0.2, 0.25) is 0 Å². The van der Waals surface area contributed by atoms with E-state index in [1.165, 1.54) is 0 Å². The van der Waals surface area contributed by atoms with Crippen LogP contribution < -0.4 is 5.43 Å². The standard InChI is InChI=1S/C12H13NO/c1-8-4-5-11-10(6-8)12(14)7-9(2)13(11)3/h4-7H,1-3H3. The van der Waals surface area contributed by atoms with Gasteiger partial charge in [-0.2, -0.15) is 0 Å². The first-order valence-corrected chi connectivity index (χ1v) is 4.66. The third kappa shape index (κ3) is 1.23. The fourth-order valence-electron chi connectivity index (χ4n) is 1.69. The summed E-state index contributed by atoms with van der Waals surface area (Å²) < 4.78 is 2.04. The number of aryl methyl sites for hydroxylation is 3. The number of benzene rings is 1. The lowest BCUT2D eigenvalue weighted by Crippen LogP contribution is -2.09. The number of pyridine rings is 1. The molecule has 0 radical (unpaired) electrons. The normalized spacial score (nSPS) is 10.8. The molecule has 0 fully saturated rings. The van der Waals surface area contributed by atoms with E-state index in [0.29, 0.717) is 0 Å². The molecular weight excluding hydrogens is 174 g/mol. The molecule has 2 heteroatoms. The van der Waals surface area contributed by atoms with Gasteiger partial charge in [-0.25, -0.2) is 0 Å². The van der Waals surface area contributed by atoms with Crippen LogP contribution in [0.1, 0.15) is 11.3 Å². The van der Waals surface area contributed by atoms with Crippen LogP contribution >= 0.6 is 0 Å². The van der Waals surface area contributed by atoms with Gasteiger partial charge in [0.05, 0.1) is 5.52 Å². The molecule has 72 valence electrons. The molecular formula is C12H13NO. The van der Waals surface area contributed by atoms with E-state index in [0.717, 1.165) is 22.2 Å². The fraction of sp³-hybridized carbons (Fsp3) is 0.250. The molecule has 0 spiro atoms. The summed E-state index contributed by atoms with van der Waals surface area (Å²) in [5.41, 5.74) is 3.23. The molecule has 2 rings (SSSR count). The quantitative estimate of drug-likeness (QED) is 0.619. The first-order valence-electron chi connectivity index (χ1n) is 4.66. The van der Waals surface area contributed by atoms with Gasteiger partial charge in [-0.1, -0.05) is 11.6 Å². The summed E-state index contributed by atoms with van der Waals surface area (Å²) in [6.07, 6.45) is 0. The molecule has 0 N–H and O–H groups in total. The van der Waals surface area contributed by atoms with Gasteiger partial charge in [0.15, 0.2) is 5.43 Å². The van der Waals surface area contributed by atoms with Crippen molar-refractivity contribution < 1.29 is 0 Å². The van der Waals surface area contributed by atoms with Gasteiger partial charge < -0.3 is 4.57 Å². The van der Waals surface area contributed by atoms with Crippen LogP contribution in [-0.2, 0) is 7.05 Å². The zero-order chi connectivity index (χ0) is 10.3. The molecule has 14 heavy (non-hydrogen) atoms. The minimum absolute atomic E-state index is 0.110. The fourth-order valence-corrected chi connectivity index (χ4v) is 1.69. The third-order valence-corrected chi connectivity index (χ3v) is 2.65. The molecule has 0 bridgehead atoms. The summed E-state index contributed by atoms with van der Waals surface area (Å²) in [6.45, 7) is 3.94. The average molecular weight is 187 g/mol. The smallest absolute Gasteiger partial charge is 0.189 e. The molecule has 0 aliphatic carbocycles. The van der Waals surface area contributed by atoms with Gasteiger partial charge in [0.1, 0.15) is 0 Å². The Morgan fingerprint density at radius 1 is 1.14 bits per heavy atom. The van der Waals surface area contributed by atoms with Crippen molar-refractivity contribution in [2.45, 2.75) is 13.8 Å². The van der Waals surface area contributed by atoms with E-state index >= 15 is 0 Å². The number of fused-ring (bicyclic) bond motifs is 1. The van der Waals surface area contributed by atoms with Crippen molar-refractivity contribution >= 4 is 10.9 Å². The van der Waals surface area contributed by atoms with E-state index in [-0.39, 0.29) is 5.43 Å². The van der Waals surface area contributed by atoms with Crippen molar-refractivity contribution in [2.75, 3.05) is 0 Å². The zero-order valence-corrected chi connectivity index (χ0v) is 8.66. The first kappa shape index (κ1) is 9.00. The Morgan fingerprint density at radius 2 is 1.86 bits per heavy atom. The molecule has 0 saturated carbocycles. The molecule has 2 aromatic rings. The summed E-state index contributed by atoms with van der Waals surface area (Å²) >= 11 is 0. The maximum Gasteiger partial charge on any atom is 0.189 e. The third-order valence-electron chi connectivity index (χ3n) is 2.65. The van der Waals surface area contributed by atoms with Gasteiger partial charge in [0.25, 0.3) is 0 Å². The van der Waals surface area contributed by atoms with E-state index < -0.39 is 0 Å². The van der Waals surface area contributed by atoms with Crippen molar-refractivity contribution in [3.05, 3.63) is 45.7 Å². The monoisotopic (exact) mass is 187 g/mol. The van der Waals surface area contributed by atoms with Gasteiger partial charge in [-0.05, 0) is 26.0 Å². The van der Waals surface area contributed by atoms with Gasteiger partial charge in [0, 0.05) is 24.2 Å². The Hall–Kier alpha value is -1.57. The lowest BCUT2D eigenvalue weighted by Gasteiger charge is -2.08. The van der Waals surface area contributed by atoms with Gasteiger partial charge >= 0.3 is 0 Å². The molecule has 0 aliphatic heterocycles. The van der Waals surface area contributed by atoms with Crippen molar-refractivity contribution in [1.82, 2.24) is 4.57 Å². The highest BCUT2D eigenvalue weighted by Gasteiger charge is 2.02. The SMILES string of the molecule is Cc1ccc2c(c1)c(=O)cc(C)n2C. The highest BCUT2D eigenvalue weighted by atomic mass is 16.1. The molecule has 1 heterocycles. The maximum atomic E-state index is 11.7. The molecule has 0 atom stereocenters. The number of hydrogen-bond acceptors (Lipinski definition) is 1. The predicted molar refractivity (Wildman–Crippen MR) is 58.7 cm³/mol. The van der Waals surface area contributed by atoms with Gasteiger partial charge in [-0.3, -0.25) is 4.79 Å². The van der Waals surface area contributed by atoms with Gasteiger partial charge in [0.2, 0.25) is 0 Å². The molecule has 1 aromatic heterocycles. The van der Waals surface area contributed by atoms with Crippen LogP contribution in [0.3, 0.4) is 0 Å². The van der Waals surface area contributed by atoms with Crippen LogP contribution in [0.25, 0.3) is 10.9 Å². The second-order valence-corrected chi connectivity index (χ2v) is 3.73. The zero-order valence-electron chi connectivity index (χ0n) is 8.66. The Labute approximate surface area is 82.8 Å². The topological polar surface area (TPSA) is 22.0 Å². The van der Waals surface area contributed by atoms with Crippen LogP contribution in [-0.4, -0.2) is 4.57 Å². The minimum atomic E-state index is 0.110. The summed E-state index contributed by atoms with van der Waals surface area (Å²) in [4.78, 5) is 11.7. The summed E-state index contributed by atoms with van der Waals surface area (Å²) in [5, 5.41) is 0.804. The second-order valence-electron chi connectivity index (χ2n) is 3.73. The van der Waals surface area contributed by atoms with Crippen molar-refractivity contribution in [3.8, 4) is 0 Å². The van der Waals surface area contributed by atoms with Crippen LogP contribution in [0.4, 0.5) is 0 Å². The summed E-state index contributed by atoms with van der Waals surface area (Å²) in [6, 6.07) is 7.65. The maximum absolute atomic E-state index is 11.7. The summed E-state index contributed by atoms with van der Waals surface area (Å²) in [7, 11) is 1.98. The molecule has 1 aromatic carbocycles. The van der Waals surface area contributed by atoms with E-state index in [1.54, 1.807) is 6.07 Å². The lowest BCUT2D eigenvalue weighted by atomic mass is 10.1. The Morgan fingerprint density at radius 3 is 2.57 bits per heavy atom. The lowest BCUT2D eigenvalue weighted by molar-refractivity contribution is 0.898. The van der Waals surface area contributed by atoms with E-state index in [2.05, 4.69) is 0 Å². The van der Waals surface area contributed by atoms with Crippen molar-refractivity contribution in [1.29, 1.82) is 0 Å². The number of hydrogen-bond donors (Lipinski definition) is 0. The van der Waals surface area contributed by atoms with E-state index in [4.69, 9.17) is 0 Å².